The molecule has 0 saturated heterocycles. The standard InChI is InChI=1S/C27H23ClN2O3/c1-17-16-19(28)13-14-21(17)30-26(31)24(20-10-4-6-12-23(20)33-2)25(27(30)32)29-15-7-9-18-8-3-5-11-22(18)29/h3-6,8,10-14,16H,7,9,15H2,1-2H3. The van der Waals surface area contributed by atoms with E-state index >= 15 is 0 Å². The van der Waals surface area contributed by atoms with Crippen LogP contribution in [0, 0.1) is 6.92 Å². The van der Waals surface area contributed by atoms with Gasteiger partial charge in [-0.15, -0.1) is 0 Å². The van der Waals surface area contributed by atoms with Crippen LogP contribution in [0.4, 0.5) is 11.4 Å². The zero-order chi connectivity index (χ0) is 23.1. The van der Waals surface area contributed by atoms with Crippen LogP contribution in [0.15, 0.2) is 72.4 Å². The summed E-state index contributed by atoms with van der Waals surface area (Å²) >= 11 is 6.14. The molecular weight excluding hydrogens is 436 g/mol. The highest BCUT2D eigenvalue weighted by atomic mass is 35.5. The van der Waals surface area contributed by atoms with Crippen molar-refractivity contribution in [2.24, 2.45) is 0 Å². The monoisotopic (exact) mass is 458 g/mol. The van der Waals surface area contributed by atoms with Gasteiger partial charge in [-0.2, -0.15) is 0 Å². The normalized spacial score (nSPS) is 15.8. The number of ether oxygens (including phenoxy) is 1. The first-order valence-corrected chi connectivity index (χ1v) is 11.3. The van der Waals surface area contributed by atoms with E-state index in [1.807, 2.05) is 48.2 Å². The molecule has 0 N–H and O–H groups in total. The lowest BCUT2D eigenvalue weighted by Gasteiger charge is -2.32. The highest BCUT2D eigenvalue weighted by molar-refractivity contribution is 6.47. The second-order valence-corrected chi connectivity index (χ2v) is 8.62. The van der Waals surface area contributed by atoms with Crippen LogP contribution in [0.3, 0.4) is 0 Å². The molecule has 0 atom stereocenters. The third-order valence-electron chi connectivity index (χ3n) is 6.22. The topological polar surface area (TPSA) is 49.9 Å². The van der Waals surface area contributed by atoms with Crippen LogP contribution in [0.1, 0.15) is 23.1 Å². The van der Waals surface area contributed by atoms with Crippen molar-refractivity contribution in [3.8, 4) is 5.75 Å². The number of halogens is 1. The van der Waals surface area contributed by atoms with Crippen molar-refractivity contribution >= 4 is 40.4 Å². The summed E-state index contributed by atoms with van der Waals surface area (Å²) in [6, 6.07) is 20.6. The Labute approximate surface area is 197 Å². The number of anilines is 2. The van der Waals surface area contributed by atoms with E-state index in [9.17, 15) is 9.59 Å². The van der Waals surface area contributed by atoms with Gasteiger partial charge in [-0.25, -0.2) is 4.90 Å². The summed E-state index contributed by atoms with van der Waals surface area (Å²) in [5.41, 5.74) is 4.74. The van der Waals surface area contributed by atoms with E-state index in [1.54, 1.807) is 31.4 Å². The molecule has 2 amide bonds. The first kappa shape index (κ1) is 21.3. The molecule has 6 heteroatoms. The molecular formula is C27H23ClN2O3. The van der Waals surface area contributed by atoms with E-state index in [0.717, 1.165) is 29.7 Å². The number of nitrogens with zero attached hydrogens (tertiary/aromatic N) is 2. The number of para-hydroxylation sites is 2. The smallest absolute Gasteiger partial charge is 0.282 e. The van der Waals surface area contributed by atoms with E-state index in [1.165, 1.54) is 4.90 Å². The molecule has 33 heavy (non-hydrogen) atoms. The van der Waals surface area contributed by atoms with Crippen LogP contribution in [-0.4, -0.2) is 25.5 Å². The molecule has 0 bridgehead atoms. The van der Waals surface area contributed by atoms with Crippen LogP contribution in [0.2, 0.25) is 5.02 Å². The lowest BCUT2D eigenvalue weighted by Crippen LogP contribution is -2.37. The highest BCUT2D eigenvalue weighted by Crippen LogP contribution is 2.42. The fraction of sp³-hybridized carbons (Fsp3) is 0.185. The van der Waals surface area contributed by atoms with Crippen molar-refractivity contribution in [2.45, 2.75) is 19.8 Å². The van der Waals surface area contributed by atoms with Gasteiger partial charge >= 0.3 is 0 Å². The van der Waals surface area contributed by atoms with Crippen LogP contribution < -0.4 is 14.5 Å². The third kappa shape index (κ3) is 3.49. The number of aryl methyl sites for hydroxylation is 2. The van der Waals surface area contributed by atoms with Gasteiger partial charge in [0.05, 0.1) is 18.4 Å². The van der Waals surface area contributed by atoms with E-state index in [4.69, 9.17) is 16.3 Å². The zero-order valence-corrected chi connectivity index (χ0v) is 19.2. The van der Waals surface area contributed by atoms with Gasteiger partial charge in [-0.1, -0.05) is 48.0 Å². The molecule has 0 spiro atoms. The van der Waals surface area contributed by atoms with Gasteiger partial charge < -0.3 is 9.64 Å². The summed E-state index contributed by atoms with van der Waals surface area (Å²) in [7, 11) is 1.57. The van der Waals surface area contributed by atoms with Crippen molar-refractivity contribution in [1.29, 1.82) is 0 Å². The van der Waals surface area contributed by atoms with Crippen molar-refractivity contribution in [1.82, 2.24) is 0 Å². The Balaban J connectivity index is 1.74. The molecule has 2 aliphatic rings. The number of benzene rings is 3. The fourth-order valence-corrected chi connectivity index (χ4v) is 4.94. The number of hydrogen-bond acceptors (Lipinski definition) is 4. The molecule has 3 aromatic rings. The summed E-state index contributed by atoms with van der Waals surface area (Å²) in [6.45, 7) is 2.50. The Bertz CT molecular complexity index is 1310. The maximum absolute atomic E-state index is 14.0. The SMILES string of the molecule is COc1ccccc1C1=C(N2CCCc3ccccc32)C(=O)N(c2ccc(Cl)cc2C)C1=O. The quantitative estimate of drug-likeness (QED) is 0.491. The number of fused-ring (bicyclic) bond motifs is 1. The molecule has 2 heterocycles. The fourth-order valence-electron chi connectivity index (χ4n) is 4.72. The second kappa shape index (κ2) is 8.41. The molecule has 0 fully saturated rings. The highest BCUT2D eigenvalue weighted by Gasteiger charge is 2.44. The molecule has 0 saturated carbocycles. The van der Waals surface area contributed by atoms with Crippen LogP contribution >= 0.6 is 11.6 Å². The van der Waals surface area contributed by atoms with Crippen LogP contribution in [-0.2, 0) is 16.0 Å². The Hall–Kier alpha value is -3.57. The van der Waals surface area contributed by atoms with E-state index in [-0.39, 0.29) is 11.8 Å². The Morgan fingerprint density at radius 2 is 1.67 bits per heavy atom. The Morgan fingerprint density at radius 3 is 2.45 bits per heavy atom. The first-order chi connectivity index (χ1) is 16.0. The van der Waals surface area contributed by atoms with Crippen LogP contribution in [0.5, 0.6) is 5.75 Å². The van der Waals surface area contributed by atoms with E-state index in [2.05, 4.69) is 6.07 Å². The summed E-state index contributed by atoms with van der Waals surface area (Å²) in [5.74, 6) is -0.165. The molecule has 5 rings (SSSR count). The molecule has 3 aromatic carbocycles. The van der Waals surface area contributed by atoms with Crippen LogP contribution in [0.25, 0.3) is 5.57 Å². The number of amides is 2. The van der Waals surface area contributed by atoms with E-state index < -0.39 is 0 Å². The van der Waals surface area contributed by atoms with Crippen molar-refractivity contribution in [2.75, 3.05) is 23.5 Å². The van der Waals surface area contributed by atoms with Crippen molar-refractivity contribution < 1.29 is 14.3 Å². The molecule has 0 aromatic heterocycles. The van der Waals surface area contributed by atoms with E-state index in [0.29, 0.717) is 39.8 Å². The number of rotatable bonds is 4. The average Bonchev–Trinajstić information content (AvgIpc) is 3.08. The summed E-state index contributed by atoms with van der Waals surface area (Å²) in [4.78, 5) is 31.2. The summed E-state index contributed by atoms with van der Waals surface area (Å²) < 4.78 is 5.57. The minimum absolute atomic E-state index is 0.344. The molecule has 0 radical (unpaired) electrons. The zero-order valence-electron chi connectivity index (χ0n) is 18.5. The lowest BCUT2D eigenvalue weighted by molar-refractivity contribution is -0.120. The Kier molecular flexibility index (Phi) is 5.43. The summed E-state index contributed by atoms with van der Waals surface area (Å²) in [5, 5.41) is 0.554. The van der Waals surface area contributed by atoms with Gasteiger partial charge in [0.15, 0.2) is 0 Å². The van der Waals surface area contributed by atoms with Gasteiger partial charge in [-0.3, -0.25) is 9.59 Å². The van der Waals surface area contributed by atoms with Gasteiger partial charge in [0.2, 0.25) is 0 Å². The number of imide groups is 1. The minimum atomic E-state index is -0.368. The molecule has 0 unspecified atom stereocenters. The first-order valence-electron chi connectivity index (χ1n) is 10.9. The number of hydrogen-bond donors (Lipinski definition) is 0. The maximum atomic E-state index is 14.0. The van der Waals surface area contributed by atoms with Crippen molar-refractivity contribution in [3.05, 3.63) is 94.1 Å². The Morgan fingerprint density at radius 1 is 0.909 bits per heavy atom. The van der Waals surface area contributed by atoms with Crippen molar-refractivity contribution in [3.63, 3.8) is 0 Å². The molecule has 0 aliphatic carbocycles. The van der Waals surface area contributed by atoms with Gasteiger partial charge in [-0.05, 0) is 61.2 Å². The minimum Gasteiger partial charge on any atom is -0.496 e. The van der Waals surface area contributed by atoms with Gasteiger partial charge in [0, 0.05) is 22.8 Å². The third-order valence-corrected chi connectivity index (χ3v) is 6.45. The molecule has 2 aliphatic heterocycles. The molecule has 5 nitrogen and oxygen atoms in total. The predicted molar refractivity (Wildman–Crippen MR) is 131 cm³/mol. The number of methoxy groups -OCH3 is 1. The van der Waals surface area contributed by atoms with Gasteiger partial charge in [0.1, 0.15) is 11.4 Å². The molecule has 166 valence electrons. The maximum Gasteiger partial charge on any atom is 0.282 e. The summed E-state index contributed by atoms with van der Waals surface area (Å²) in [6.07, 6.45) is 1.83. The second-order valence-electron chi connectivity index (χ2n) is 8.18. The number of carbonyl (C=O) groups excluding carboxylic acids is 2. The lowest BCUT2D eigenvalue weighted by atomic mass is 9.98. The number of carbonyl (C=O) groups is 2. The largest absolute Gasteiger partial charge is 0.496 e. The average molecular weight is 459 g/mol. The van der Waals surface area contributed by atoms with Gasteiger partial charge in [0.25, 0.3) is 11.8 Å². The predicted octanol–water partition coefficient (Wildman–Crippen LogP) is 5.39.